The van der Waals surface area contributed by atoms with Crippen LogP contribution in [0.1, 0.15) is 38.5 Å². The fourth-order valence-corrected chi connectivity index (χ4v) is 2.89. The highest BCUT2D eigenvalue weighted by Gasteiger charge is 2.21. The molecule has 2 rings (SSSR count). The van der Waals surface area contributed by atoms with Gasteiger partial charge in [0.2, 0.25) is 5.91 Å². The minimum atomic E-state index is 0.227. The Morgan fingerprint density at radius 2 is 2.12 bits per heavy atom. The Morgan fingerprint density at radius 3 is 2.82 bits per heavy atom. The van der Waals surface area contributed by atoms with Crippen LogP contribution in [0.3, 0.4) is 0 Å². The molecule has 0 aromatic carbocycles. The van der Waals surface area contributed by atoms with E-state index in [-0.39, 0.29) is 5.91 Å². The van der Waals surface area contributed by atoms with E-state index in [9.17, 15) is 4.79 Å². The second kappa shape index (κ2) is 6.36. The number of nitrogens with one attached hydrogen (secondary N) is 2. The van der Waals surface area contributed by atoms with Crippen molar-refractivity contribution in [1.29, 1.82) is 0 Å². The van der Waals surface area contributed by atoms with Crippen molar-refractivity contribution in [2.45, 2.75) is 50.6 Å². The Kier molecular flexibility index (Phi) is 4.80. The average molecular weight is 239 g/mol. The Morgan fingerprint density at radius 1 is 1.35 bits per heavy atom. The summed E-state index contributed by atoms with van der Waals surface area (Å²) in [5.41, 5.74) is 0. The molecule has 1 aliphatic carbocycles. The molecule has 1 saturated heterocycles. The van der Waals surface area contributed by atoms with Gasteiger partial charge in [0, 0.05) is 38.1 Å². The van der Waals surface area contributed by atoms with Crippen molar-refractivity contribution in [3.63, 3.8) is 0 Å². The summed E-state index contributed by atoms with van der Waals surface area (Å²) in [7, 11) is 2.12. The van der Waals surface area contributed by atoms with E-state index in [2.05, 4.69) is 22.6 Å². The van der Waals surface area contributed by atoms with Gasteiger partial charge >= 0.3 is 0 Å². The zero-order valence-electron chi connectivity index (χ0n) is 10.9. The van der Waals surface area contributed by atoms with Crippen LogP contribution in [0.2, 0.25) is 0 Å². The van der Waals surface area contributed by atoms with E-state index in [1.165, 1.54) is 32.1 Å². The van der Waals surface area contributed by atoms with Gasteiger partial charge in [-0.2, -0.15) is 0 Å². The smallest absolute Gasteiger partial charge is 0.221 e. The van der Waals surface area contributed by atoms with Crippen LogP contribution in [0.15, 0.2) is 0 Å². The molecule has 4 heteroatoms. The number of amides is 1. The van der Waals surface area contributed by atoms with Gasteiger partial charge in [0.05, 0.1) is 0 Å². The zero-order valence-corrected chi connectivity index (χ0v) is 10.9. The summed E-state index contributed by atoms with van der Waals surface area (Å²) in [4.78, 5) is 14.2. The maximum atomic E-state index is 11.9. The summed E-state index contributed by atoms with van der Waals surface area (Å²) in [5.74, 6) is 0.227. The van der Waals surface area contributed by atoms with Gasteiger partial charge in [-0.25, -0.2) is 0 Å². The lowest BCUT2D eigenvalue weighted by molar-refractivity contribution is -0.122. The van der Waals surface area contributed by atoms with E-state index < -0.39 is 0 Å². The van der Waals surface area contributed by atoms with Gasteiger partial charge < -0.3 is 15.5 Å². The molecule has 1 unspecified atom stereocenters. The third-order valence-electron chi connectivity index (χ3n) is 3.86. The number of hydrogen-bond donors (Lipinski definition) is 2. The Hall–Kier alpha value is -0.610. The molecule has 0 spiro atoms. The van der Waals surface area contributed by atoms with E-state index in [4.69, 9.17) is 0 Å². The fraction of sp³-hybridized carbons (Fsp3) is 0.923. The maximum Gasteiger partial charge on any atom is 0.221 e. The van der Waals surface area contributed by atoms with Crippen LogP contribution in [-0.4, -0.2) is 49.6 Å². The average Bonchev–Trinajstić information content (AvgIpc) is 2.30. The van der Waals surface area contributed by atoms with Gasteiger partial charge in [-0.05, 0) is 19.9 Å². The van der Waals surface area contributed by atoms with Gasteiger partial charge in [-0.15, -0.1) is 0 Å². The van der Waals surface area contributed by atoms with Crippen LogP contribution < -0.4 is 10.6 Å². The maximum absolute atomic E-state index is 11.9. The quantitative estimate of drug-likeness (QED) is 0.763. The first-order valence-corrected chi connectivity index (χ1v) is 6.95. The molecule has 0 aromatic heterocycles. The van der Waals surface area contributed by atoms with E-state index in [1.54, 1.807) is 0 Å². The second-order valence-corrected chi connectivity index (χ2v) is 5.52. The highest BCUT2D eigenvalue weighted by molar-refractivity contribution is 5.76. The molecule has 2 N–H and O–H groups in total. The highest BCUT2D eigenvalue weighted by atomic mass is 16.1. The van der Waals surface area contributed by atoms with Gasteiger partial charge in [-0.1, -0.05) is 19.3 Å². The second-order valence-electron chi connectivity index (χ2n) is 5.52. The van der Waals surface area contributed by atoms with Crippen molar-refractivity contribution in [3.05, 3.63) is 0 Å². The molecule has 98 valence electrons. The Bertz CT molecular complexity index is 251. The van der Waals surface area contributed by atoms with Crippen LogP contribution in [-0.2, 0) is 4.79 Å². The topological polar surface area (TPSA) is 44.4 Å². The lowest BCUT2D eigenvalue weighted by Crippen LogP contribution is -2.51. The van der Waals surface area contributed by atoms with E-state index in [0.29, 0.717) is 18.5 Å². The van der Waals surface area contributed by atoms with Crippen molar-refractivity contribution in [1.82, 2.24) is 15.5 Å². The summed E-state index contributed by atoms with van der Waals surface area (Å²) in [5, 5.41) is 6.60. The molecule has 0 bridgehead atoms. The molecule has 0 aromatic rings. The third-order valence-corrected chi connectivity index (χ3v) is 3.86. The number of likely N-dealkylation sites (N-methyl/N-ethyl adjacent to an activating group) is 1. The molecule has 1 amide bonds. The molecule has 4 nitrogen and oxygen atoms in total. The minimum Gasteiger partial charge on any atom is -0.353 e. The first-order valence-electron chi connectivity index (χ1n) is 6.95. The van der Waals surface area contributed by atoms with Crippen LogP contribution in [0.4, 0.5) is 0 Å². The molecule has 1 atom stereocenters. The van der Waals surface area contributed by atoms with Crippen molar-refractivity contribution in [2.24, 2.45) is 0 Å². The monoisotopic (exact) mass is 239 g/mol. The molecule has 0 radical (unpaired) electrons. The van der Waals surface area contributed by atoms with Gasteiger partial charge in [0.15, 0.2) is 0 Å². The number of carbonyl (C=O) groups excluding carboxylic acids is 1. The lowest BCUT2D eigenvalue weighted by Gasteiger charge is -2.31. The van der Waals surface area contributed by atoms with E-state index in [1.807, 2.05) is 0 Å². The molecule has 17 heavy (non-hydrogen) atoms. The summed E-state index contributed by atoms with van der Waals surface area (Å²) < 4.78 is 0. The first kappa shape index (κ1) is 12.8. The number of carbonyl (C=O) groups is 1. The summed E-state index contributed by atoms with van der Waals surface area (Å²) in [6.45, 7) is 3.07. The highest BCUT2D eigenvalue weighted by Crippen LogP contribution is 2.17. The predicted molar refractivity (Wildman–Crippen MR) is 68.9 cm³/mol. The Labute approximate surface area is 104 Å². The molecular weight excluding hydrogens is 214 g/mol. The molecule has 1 heterocycles. The first-order chi connectivity index (χ1) is 8.24. The largest absolute Gasteiger partial charge is 0.353 e. The molecule has 1 aliphatic heterocycles. The van der Waals surface area contributed by atoms with Crippen LogP contribution >= 0.6 is 0 Å². The van der Waals surface area contributed by atoms with Crippen molar-refractivity contribution in [3.8, 4) is 0 Å². The van der Waals surface area contributed by atoms with E-state index in [0.717, 1.165) is 19.6 Å². The fourth-order valence-electron chi connectivity index (χ4n) is 2.89. The van der Waals surface area contributed by atoms with Crippen molar-refractivity contribution >= 4 is 5.91 Å². The zero-order chi connectivity index (χ0) is 12.1. The van der Waals surface area contributed by atoms with Gasteiger partial charge in [0.25, 0.3) is 0 Å². The van der Waals surface area contributed by atoms with E-state index >= 15 is 0 Å². The lowest BCUT2D eigenvalue weighted by atomic mass is 9.95. The van der Waals surface area contributed by atoms with Crippen molar-refractivity contribution in [2.75, 3.05) is 26.7 Å². The van der Waals surface area contributed by atoms with Crippen molar-refractivity contribution < 1.29 is 4.79 Å². The molecule has 2 fully saturated rings. The minimum absolute atomic E-state index is 0.227. The number of rotatable bonds is 3. The van der Waals surface area contributed by atoms with Gasteiger partial charge in [-0.3, -0.25) is 4.79 Å². The summed E-state index contributed by atoms with van der Waals surface area (Å²) in [6, 6.07) is 0.773. The standard InChI is InChI=1S/C13H25N3O/c1-16-8-7-14-12(10-16)9-13(17)15-11-5-3-2-4-6-11/h11-12,14H,2-10H2,1H3,(H,15,17). The molecular formula is C13H25N3O. The third kappa shape index (κ3) is 4.28. The Balaban J connectivity index is 1.68. The number of nitrogens with zero attached hydrogens (tertiary/aromatic N) is 1. The molecule has 2 aliphatic rings. The summed E-state index contributed by atoms with van der Waals surface area (Å²) in [6.07, 6.45) is 6.85. The van der Waals surface area contributed by atoms with Crippen LogP contribution in [0.25, 0.3) is 0 Å². The predicted octanol–water partition coefficient (Wildman–Crippen LogP) is 0.729. The SMILES string of the molecule is CN1CCNC(CC(=O)NC2CCCCC2)C1. The number of piperazine rings is 1. The normalized spacial score (nSPS) is 27.9. The number of hydrogen-bond acceptors (Lipinski definition) is 3. The molecule has 1 saturated carbocycles. The van der Waals surface area contributed by atoms with Crippen LogP contribution in [0.5, 0.6) is 0 Å². The van der Waals surface area contributed by atoms with Crippen LogP contribution in [0, 0.1) is 0 Å². The van der Waals surface area contributed by atoms with Gasteiger partial charge in [0.1, 0.15) is 0 Å². The summed E-state index contributed by atoms with van der Waals surface area (Å²) >= 11 is 0.